The first-order valence-corrected chi connectivity index (χ1v) is 10.8. The second kappa shape index (κ2) is 9.68. The Morgan fingerprint density at radius 3 is 2.45 bits per heavy atom. The van der Waals surface area contributed by atoms with E-state index in [-0.39, 0.29) is 17.5 Å². The highest BCUT2D eigenvalue weighted by Crippen LogP contribution is 2.30. The van der Waals surface area contributed by atoms with Crippen LogP contribution in [0.3, 0.4) is 0 Å². The van der Waals surface area contributed by atoms with E-state index < -0.39 is 5.97 Å². The predicted molar refractivity (Wildman–Crippen MR) is 123 cm³/mol. The van der Waals surface area contributed by atoms with Crippen molar-refractivity contribution in [1.82, 2.24) is 0 Å². The van der Waals surface area contributed by atoms with Gasteiger partial charge >= 0.3 is 5.97 Å². The summed E-state index contributed by atoms with van der Waals surface area (Å²) in [6.45, 7) is 3.87. The number of hydrazone groups is 1. The molecule has 0 radical (unpaired) electrons. The molecule has 170 valence electrons. The maximum Gasteiger partial charge on any atom is 0.338 e. The molecule has 2 aromatic carbocycles. The van der Waals surface area contributed by atoms with E-state index in [1.165, 1.54) is 12.1 Å². The number of carbonyl (C=O) groups excluding carboxylic acids is 2. The number of rotatable bonds is 6. The molecule has 7 nitrogen and oxygen atoms in total. The summed E-state index contributed by atoms with van der Waals surface area (Å²) in [4.78, 5) is 24.7. The molecule has 1 aliphatic rings. The minimum Gasteiger partial charge on any atom is -0.462 e. The molecule has 0 spiro atoms. The van der Waals surface area contributed by atoms with Crippen molar-refractivity contribution in [1.29, 1.82) is 0 Å². The Hall–Kier alpha value is -3.94. The van der Waals surface area contributed by atoms with Crippen LogP contribution in [0.15, 0.2) is 58.0 Å². The molecule has 0 fully saturated rings. The van der Waals surface area contributed by atoms with Crippen LogP contribution in [0.1, 0.15) is 57.6 Å². The summed E-state index contributed by atoms with van der Waals surface area (Å²) in [6.07, 6.45) is 2.30. The molecule has 4 rings (SSSR count). The zero-order valence-corrected chi connectivity index (χ0v) is 18.4. The van der Waals surface area contributed by atoms with Gasteiger partial charge in [0.05, 0.1) is 23.6 Å². The van der Waals surface area contributed by atoms with Gasteiger partial charge in [0.1, 0.15) is 11.6 Å². The molecule has 0 unspecified atom stereocenters. The number of amides is 1. The van der Waals surface area contributed by atoms with Crippen LogP contribution in [-0.2, 0) is 11.2 Å². The number of anilines is 2. The van der Waals surface area contributed by atoms with Gasteiger partial charge in [0.2, 0.25) is 0 Å². The SMILES string of the molecule is CCOC(=O)c1ccc(NC(=O)c2oc3c(c2C)/C(=N/Nc2ccc(F)cc2)CCC3)cc1. The summed E-state index contributed by atoms with van der Waals surface area (Å²) in [7, 11) is 0. The Morgan fingerprint density at radius 1 is 1.06 bits per heavy atom. The summed E-state index contributed by atoms with van der Waals surface area (Å²) in [5.41, 5.74) is 6.90. The van der Waals surface area contributed by atoms with Crippen molar-refractivity contribution in [3.05, 3.63) is 82.6 Å². The van der Waals surface area contributed by atoms with Crippen molar-refractivity contribution in [2.24, 2.45) is 5.10 Å². The van der Waals surface area contributed by atoms with Crippen LogP contribution in [-0.4, -0.2) is 24.2 Å². The van der Waals surface area contributed by atoms with Gasteiger partial charge in [-0.2, -0.15) is 5.10 Å². The molecule has 1 aromatic heterocycles. The Labute approximate surface area is 190 Å². The van der Waals surface area contributed by atoms with Gasteiger partial charge in [-0.25, -0.2) is 9.18 Å². The van der Waals surface area contributed by atoms with Crippen molar-refractivity contribution in [3.8, 4) is 0 Å². The fourth-order valence-corrected chi connectivity index (χ4v) is 3.75. The average molecular weight is 449 g/mol. The molecule has 0 saturated heterocycles. The van der Waals surface area contributed by atoms with Crippen molar-refractivity contribution < 1.29 is 23.1 Å². The molecule has 1 aliphatic carbocycles. The van der Waals surface area contributed by atoms with Gasteiger partial charge in [0.15, 0.2) is 5.76 Å². The smallest absolute Gasteiger partial charge is 0.338 e. The van der Waals surface area contributed by atoms with E-state index in [0.717, 1.165) is 29.9 Å². The van der Waals surface area contributed by atoms with E-state index in [4.69, 9.17) is 9.15 Å². The second-order valence-corrected chi connectivity index (χ2v) is 7.64. The quantitative estimate of drug-likeness (QED) is 0.393. The number of benzene rings is 2. The number of ether oxygens (including phenoxy) is 1. The normalized spacial score (nSPS) is 14.0. The molecule has 0 aliphatic heterocycles. The van der Waals surface area contributed by atoms with E-state index in [0.29, 0.717) is 35.5 Å². The van der Waals surface area contributed by atoms with E-state index in [1.54, 1.807) is 43.3 Å². The number of fused-ring (bicyclic) bond motifs is 1. The van der Waals surface area contributed by atoms with Crippen molar-refractivity contribution in [2.45, 2.75) is 33.1 Å². The van der Waals surface area contributed by atoms with E-state index in [2.05, 4.69) is 15.8 Å². The Balaban J connectivity index is 1.51. The number of nitrogens with one attached hydrogen (secondary N) is 2. The van der Waals surface area contributed by atoms with Crippen LogP contribution in [0.2, 0.25) is 0 Å². The van der Waals surface area contributed by atoms with Gasteiger partial charge in [-0.05, 0) is 75.2 Å². The first kappa shape index (κ1) is 22.3. The highest BCUT2D eigenvalue weighted by Gasteiger charge is 2.28. The Morgan fingerprint density at radius 2 is 1.76 bits per heavy atom. The number of aryl methyl sites for hydroxylation is 1. The summed E-state index contributed by atoms with van der Waals surface area (Å²) in [6, 6.07) is 12.4. The minimum atomic E-state index is -0.411. The summed E-state index contributed by atoms with van der Waals surface area (Å²) >= 11 is 0. The molecule has 1 heterocycles. The highest BCUT2D eigenvalue weighted by atomic mass is 19.1. The minimum absolute atomic E-state index is 0.228. The first-order valence-electron chi connectivity index (χ1n) is 10.8. The lowest BCUT2D eigenvalue weighted by molar-refractivity contribution is 0.0526. The molecule has 33 heavy (non-hydrogen) atoms. The first-order chi connectivity index (χ1) is 16.0. The van der Waals surface area contributed by atoms with Gasteiger partial charge in [0.25, 0.3) is 5.91 Å². The topological polar surface area (TPSA) is 92.9 Å². The molecule has 3 aromatic rings. The number of hydrogen-bond acceptors (Lipinski definition) is 6. The van der Waals surface area contributed by atoms with Crippen LogP contribution in [0.25, 0.3) is 0 Å². The number of halogens is 1. The van der Waals surface area contributed by atoms with Gasteiger partial charge in [-0.15, -0.1) is 0 Å². The number of esters is 1. The van der Waals surface area contributed by atoms with E-state index in [1.807, 2.05) is 6.92 Å². The van der Waals surface area contributed by atoms with Crippen molar-refractivity contribution in [2.75, 3.05) is 17.3 Å². The maximum atomic E-state index is 13.1. The van der Waals surface area contributed by atoms with Gasteiger partial charge in [0, 0.05) is 23.2 Å². The third-order valence-electron chi connectivity index (χ3n) is 5.35. The molecule has 2 N–H and O–H groups in total. The monoisotopic (exact) mass is 449 g/mol. The zero-order chi connectivity index (χ0) is 23.4. The third kappa shape index (κ3) is 4.95. The molecular formula is C25H24FN3O4. The fourth-order valence-electron chi connectivity index (χ4n) is 3.75. The van der Waals surface area contributed by atoms with Crippen LogP contribution in [0.4, 0.5) is 15.8 Å². The lowest BCUT2D eigenvalue weighted by Crippen LogP contribution is -2.14. The molecule has 8 heteroatoms. The summed E-state index contributed by atoms with van der Waals surface area (Å²) < 4.78 is 24.0. The molecule has 0 saturated carbocycles. The molecular weight excluding hydrogens is 425 g/mol. The summed E-state index contributed by atoms with van der Waals surface area (Å²) in [5.74, 6) is -0.153. The highest BCUT2D eigenvalue weighted by molar-refractivity contribution is 6.09. The number of hydrogen-bond donors (Lipinski definition) is 2. The third-order valence-corrected chi connectivity index (χ3v) is 5.35. The lowest BCUT2D eigenvalue weighted by atomic mass is 9.93. The Kier molecular flexibility index (Phi) is 6.53. The van der Waals surface area contributed by atoms with Gasteiger partial charge < -0.3 is 14.5 Å². The standard InChI is InChI=1S/C25H24FN3O4/c1-3-32-25(31)16-7-11-18(12-8-16)27-24(30)23-15(2)22-20(5-4-6-21(22)33-23)29-28-19-13-9-17(26)10-14-19/h7-14,28H,3-6H2,1-2H3,(H,27,30)/b29-20+. The van der Waals surface area contributed by atoms with E-state index in [9.17, 15) is 14.0 Å². The average Bonchev–Trinajstić information content (AvgIpc) is 3.16. The Bertz CT molecular complexity index is 1200. The number of furan rings is 1. The maximum absolute atomic E-state index is 13.1. The number of nitrogens with zero attached hydrogens (tertiary/aromatic N) is 1. The van der Waals surface area contributed by atoms with Crippen LogP contribution >= 0.6 is 0 Å². The predicted octanol–water partition coefficient (Wildman–Crippen LogP) is 5.31. The van der Waals surface area contributed by atoms with Gasteiger partial charge in [-0.3, -0.25) is 10.2 Å². The largest absolute Gasteiger partial charge is 0.462 e. The van der Waals surface area contributed by atoms with Crippen molar-refractivity contribution in [3.63, 3.8) is 0 Å². The summed E-state index contributed by atoms with van der Waals surface area (Å²) in [5, 5.41) is 7.30. The zero-order valence-electron chi connectivity index (χ0n) is 18.4. The van der Waals surface area contributed by atoms with Crippen molar-refractivity contribution >= 4 is 29.0 Å². The second-order valence-electron chi connectivity index (χ2n) is 7.64. The molecule has 0 bridgehead atoms. The lowest BCUT2D eigenvalue weighted by Gasteiger charge is -2.13. The fraction of sp³-hybridized carbons (Fsp3) is 0.240. The van der Waals surface area contributed by atoms with Gasteiger partial charge in [-0.1, -0.05) is 0 Å². The van der Waals surface area contributed by atoms with Crippen LogP contribution in [0.5, 0.6) is 0 Å². The molecule has 0 atom stereocenters. The van der Waals surface area contributed by atoms with Crippen LogP contribution in [0, 0.1) is 12.7 Å². The van der Waals surface area contributed by atoms with Crippen LogP contribution < -0.4 is 10.7 Å². The number of carbonyl (C=O) groups is 2. The van der Waals surface area contributed by atoms with E-state index >= 15 is 0 Å². The molecule has 1 amide bonds.